The lowest BCUT2D eigenvalue weighted by atomic mass is 9.88. The second-order valence-corrected chi connectivity index (χ2v) is 9.86. The van der Waals surface area contributed by atoms with Gasteiger partial charge in [0, 0.05) is 16.3 Å². The number of benzene rings is 3. The molecule has 3 aromatic rings. The summed E-state index contributed by atoms with van der Waals surface area (Å²) in [6.45, 7) is 3.96. The van der Waals surface area contributed by atoms with Crippen molar-refractivity contribution < 1.29 is 24.5 Å². The van der Waals surface area contributed by atoms with Gasteiger partial charge in [0.2, 0.25) is 0 Å². The topological polar surface area (TPSA) is 87.1 Å². The number of Topliss-reactive ketones (excluding diaryl/α,β-unsaturated/α-hetero) is 1. The number of hydrogen-bond acceptors (Lipinski definition) is 5. The zero-order valence-electron chi connectivity index (χ0n) is 20.8. The van der Waals surface area contributed by atoms with Crippen LogP contribution in [0.25, 0.3) is 5.76 Å². The highest BCUT2D eigenvalue weighted by atomic mass is 35.5. The van der Waals surface area contributed by atoms with Gasteiger partial charge in [-0.15, -0.1) is 0 Å². The Morgan fingerprint density at radius 3 is 2.51 bits per heavy atom. The number of carbonyl (C=O) groups is 2. The quantitative estimate of drug-likeness (QED) is 0.237. The van der Waals surface area contributed by atoms with Crippen LogP contribution in [0.4, 0.5) is 5.69 Å². The molecule has 1 saturated heterocycles. The van der Waals surface area contributed by atoms with Crippen LogP contribution in [0.1, 0.15) is 53.6 Å². The summed E-state index contributed by atoms with van der Waals surface area (Å²) in [4.78, 5) is 28.3. The Hall–Kier alpha value is -3.77. The molecule has 1 atom stereocenters. The third kappa shape index (κ3) is 4.46. The molecule has 0 spiro atoms. The molecule has 1 aliphatic heterocycles. The average Bonchev–Trinajstić information content (AvgIpc) is 3.16. The van der Waals surface area contributed by atoms with Crippen molar-refractivity contribution in [3.05, 3.63) is 93.0 Å². The van der Waals surface area contributed by atoms with Crippen LogP contribution >= 0.6 is 11.6 Å². The van der Waals surface area contributed by atoms with Gasteiger partial charge in [-0.05, 0) is 92.1 Å². The smallest absolute Gasteiger partial charge is 0.300 e. The highest BCUT2D eigenvalue weighted by Gasteiger charge is 2.47. The fraction of sp³-hybridized carbons (Fsp3) is 0.267. The first-order valence-electron chi connectivity index (χ1n) is 12.4. The number of phenols is 1. The number of phenolic OH excluding ortho intramolecular Hbond substituents is 1. The molecule has 0 saturated carbocycles. The molecule has 3 aromatic carbocycles. The van der Waals surface area contributed by atoms with E-state index in [1.165, 1.54) is 16.5 Å². The molecule has 190 valence electrons. The Bertz CT molecular complexity index is 1440. The maximum absolute atomic E-state index is 13.5. The van der Waals surface area contributed by atoms with Crippen molar-refractivity contribution >= 4 is 34.7 Å². The third-order valence-corrected chi connectivity index (χ3v) is 7.51. The predicted molar refractivity (Wildman–Crippen MR) is 143 cm³/mol. The van der Waals surface area contributed by atoms with Gasteiger partial charge in [0.1, 0.15) is 5.76 Å². The van der Waals surface area contributed by atoms with Gasteiger partial charge >= 0.3 is 0 Å². The maximum atomic E-state index is 13.5. The van der Waals surface area contributed by atoms with Gasteiger partial charge in [0.15, 0.2) is 11.5 Å². The van der Waals surface area contributed by atoms with Crippen molar-refractivity contribution in [2.75, 3.05) is 11.5 Å². The Labute approximate surface area is 220 Å². The number of aliphatic hydroxyl groups excluding tert-OH is 1. The number of ether oxygens (including phenoxy) is 1. The Morgan fingerprint density at radius 2 is 1.78 bits per heavy atom. The first kappa shape index (κ1) is 24.9. The van der Waals surface area contributed by atoms with Crippen LogP contribution in [-0.2, 0) is 22.4 Å². The number of amides is 1. The van der Waals surface area contributed by atoms with E-state index in [4.69, 9.17) is 16.3 Å². The van der Waals surface area contributed by atoms with Gasteiger partial charge in [-0.3, -0.25) is 14.5 Å². The van der Waals surface area contributed by atoms with Crippen LogP contribution < -0.4 is 9.64 Å². The zero-order chi connectivity index (χ0) is 26.3. The number of hydrogen-bond donors (Lipinski definition) is 2. The van der Waals surface area contributed by atoms with E-state index in [2.05, 4.69) is 0 Å². The molecule has 37 heavy (non-hydrogen) atoms. The van der Waals surface area contributed by atoms with Gasteiger partial charge < -0.3 is 14.9 Å². The fourth-order valence-electron chi connectivity index (χ4n) is 5.15. The van der Waals surface area contributed by atoms with E-state index in [1.807, 2.05) is 19.1 Å². The van der Waals surface area contributed by atoms with E-state index in [9.17, 15) is 19.8 Å². The van der Waals surface area contributed by atoms with Crippen molar-refractivity contribution in [3.8, 4) is 11.5 Å². The monoisotopic (exact) mass is 517 g/mol. The first-order valence-corrected chi connectivity index (χ1v) is 12.8. The number of fused-ring (bicyclic) bond motifs is 1. The number of aryl methyl sites for hydroxylation is 3. The molecule has 1 aliphatic carbocycles. The molecule has 1 fully saturated rings. The number of aliphatic hydroxyl groups is 1. The van der Waals surface area contributed by atoms with Gasteiger partial charge in [-0.1, -0.05) is 35.9 Å². The standard InChI is InChI=1S/C30H28ClNO5/c1-3-37-25-15-20(11-13-24(25)33)27-26(28(34)21-10-9-18-6-4-5-7-19(18)14-21)29(35)30(36)32(27)22-12-8-17(2)23(31)16-22/h8-16,27,33-34H,3-7H2,1-2H3/b28-26+. The number of anilines is 1. The van der Waals surface area contributed by atoms with Gasteiger partial charge in [0.05, 0.1) is 18.2 Å². The molecular weight excluding hydrogens is 490 g/mol. The summed E-state index contributed by atoms with van der Waals surface area (Å²) < 4.78 is 5.57. The van der Waals surface area contributed by atoms with Crippen molar-refractivity contribution in [2.24, 2.45) is 0 Å². The number of halogens is 1. The Balaban J connectivity index is 1.71. The second kappa shape index (κ2) is 9.94. The van der Waals surface area contributed by atoms with E-state index >= 15 is 0 Å². The zero-order valence-corrected chi connectivity index (χ0v) is 21.5. The highest BCUT2D eigenvalue weighted by molar-refractivity contribution is 6.51. The minimum atomic E-state index is -0.949. The molecule has 1 unspecified atom stereocenters. The summed E-state index contributed by atoms with van der Waals surface area (Å²) >= 11 is 6.38. The lowest BCUT2D eigenvalue weighted by molar-refractivity contribution is -0.132. The maximum Gasteiger partial charge on any atom is 0.300 e. The molecule has 2 aliphatic rings. The van der Waals surface area contributed by atoms with Crippen LogP contribution in [-0.4, -0.2) is 28.5 Å². The molecule has 0 bridgehead atoms. The van der Waals surface area contributed by atoms with Gasteiger partial charge in [-0.2, -0.15) is 0 Å². The van der Waals surface area contributed by atoms with Crippen LogP contribution in [0, 0.1) is 6.92 Å². The third-order valence-electron chi connectivity index (χ3n) is 7.10. The lowest BCUT2D eigenvalue weighted by Gasteiger charge is -2.26. The van der Waals surface area contributed by atoms with E-state index in [1.54, 1.807) is 43.3 Å². The Kier molecular flexibility index (Phi) is 6.69. The number of carbonyl (C=O) groups excluding carboxylic acids is 2. The van der Waals surface area contributed by atoms with E-state index in [-0.39, 0.29) is 22.8 Å². The summed E-state index contributed by atoms with van der Waals surface area (Å²) in [5.41, 5.74) is 4.63. The molecule has 2 N–H and O–H groups in total. The summed E-state index contributed by atoms with van der Waals surface area (Å²) in [7, 11) is 0. The molecule has 7 heteroatoms. The Morgan fingerprint density at radius 1 is 1.03 bits per heavy atom. The van der Waals surface area contributed by atoms with E-state index in [0.717, 1.165) is 36.8 Å². The van der Waals surface area contributed by atoms with Gasteiger partial charge in [-0.25, -0.2) is 0 Å². The molecule has 1 heterocycles. The molecular formula is C30H28ClNO5. The van der Waals surface area contributed by atoms with Crippen molar-refractivity contribution in [2.45, 2.75) is 45.6 Å². The minimum absolute atomic E-state index is 0.0226. The summed E-state index contributed by atoms with van der Waals surface area (Å²) in [6, 6.07) is 14.6. The molecule has 1 amide bonds. The predicted octanol–water partition coefficient (Wildman–Crippen LogP) is 6.26. The molecule has 0 radical (unpaired) electrons. The SMILES string of the molecule is CCOc1cc(C2/C(=C(\O)c3ccc4c(c3)CCCC4)C(=O)C(=O)N2c2ccc(C)c(Cl)c2)ccc1O. The normalized spacial score (nSPS) is 18.7. The fourth-order valence-corrected chi connectivity index (χ4v) is 5.33. The number of aromatic hydroxyl groups is 1. The lowest BCUT2D eigenvalue weighted by Crippen LogP contribution is -2.29. The summed E-state index contributed by atoms with van der Waals surface area (Å²) in [5, 5.41) is 22.2. The summed E-state index contributed by atoms with van der Waals surface area (Å²) in [5.74, 6) is -1.63. The van der Waals surface area contributed by atoms with Crippen LogP contribution in [0.5, 0.6) is 11.5 Å². The molecule has 5 rings (SSSR count). The minimum Gasteiger partial charge on any atom is -0.507 e. The average molecular weight is 518 g/mol. The highest BCUT2D eigenvalue weighted by Crippen LogP contribution is 2.44. The van der Waals surface area contributed by atoms with E-state index in [0.29, 0.717) is 28.4 Å². The first-order chi connectivity index (χ1) is 17.8. The number of rotatable bonds is 5. The summed E-state index contributed by atoms with van der Waals surface area (Å²) in [6.07, 6.45) is 4.10. The molecule has 0 aromatic heterocycles. The van der Waals surface area contributed by atoms with Crippen LogP contribution in [0.15, 0.2) is 60.2 Å². The number of ketones is 1. The number of nitrogens with zero attached hydrogens (tertiary/aromatic N) is 1. The van der Waals surface area contributed by atoms with Crippen LogP contribution in [0.3, 0.4) is 0 Å². The molecule has 6 nitrogen and oxygen atoms in total. The van der Waals surface area contributed by atoms with Crippen molar-refractivity contribution in [1.29, 1.82) is 0 Å². The van der Waals surface area contributed by atoms with Crippen molar-refractivity contribution in [3.63, 3.8) is 0 Å². The second-order valence-electron chi connectivity index (χ2n) is 9.45. The van der Waals surface area contributed by atoms with Gasteiger partial charge in [0.25, 0.3) is 11.7 Å². The van der Waals surface area contributed by atoms with E-state index < -0.39 is 17.7 Å². The van der Waals surface area contributed by atoms with Crippen LogP contribution in [0.2, 0.25) is 5.02 Å². The largest absolute Gasteiger partial charge is 0.507 e. The van der Waals surface area contributed by atoms with Crippen molar-refractivity contribution in [1.82, 2.24) is 0 Å².